The summed E-state index contributed by atoms with van der Waals surface area (Å²) in [6.07, 6.45) is 0.392. The third-order valence-electron chi connectivity index (χ3n) is 2.28. The molecule has 0 aromatic carbocycles. The molecule has 16 heavy (non-hydrogen) atoms. The van der Waals surface area contributed by atoms with Gasteiger partial charge in [-0.3, -0.25) is 4.79 Å². The maximum atomic E-state index is 11.8. The lowest BCUT2D eigenvalue weighted by Gasteiger charge is -2.29. The van der Waals surface area contributed by atoms with Gasteiger partial charge in [0.05, 0.1) is 19.3 Å². The smallest absolute Gasteiger partial charge is 0.334 e. The highest BCUT2D eigenvalue weighted by Gasteiger charge is 2.30. The topological polar surface area (TPSA) is 92.9 Å². The van der Waals surface area contributed by atoms with Crippen LogP contribution >= 0.6 is 0 Å². The molecule has 1 aromatic heterocycles. The molecular weight excluding hydrogens is 216 g/mol. The van der Waals surface area contributed by atoms with Crippen LogP contribution in [0.3, 0.4) is 0 Å². The Kier molecular flexibility index (Phi) is 2.86. The zero-order chi connectivity index (χ0) is 11.5. The maximum absolute atomic E-state index is 11.8. The molecule has 1 aliphatic heterocycles. The first-order valence-electron chi connectivity index (χ1n) is 4.73. The van der Waals surface area contributed by atoms with Crippen molar-refractivity contribution in [3.05, 3.63) is 18.0 Å². The van der Waals surface area contributed by atoms with E-state index < -0.39 is 12.1 Å². The van der Waals surface area contributed by atoms with Crippen LogP contribution in [-0.4, -0.2) is 52.8 Å². The molecule has 2 rings (SSSR count). The second-order valence-corrected chi connectivity index (χ2v) is 3.33. The fourth-order valence-electron chi connectivity index (χ4n) is 1.47. The number of aromatic nitrogens is 1. The molecule has 1 fully saturated rings. The Bertz CT molecular complexity index is 389. The van der Waals surface area contributed by atoms with Crippen LogP contribution < -0.4 is 0 Å². The first-order chi connectivity index (χ1) is 7.68. The minimum Gasteiger partial charge on any atom is -0.479 e. The molecule has 0 radical (unpaired) electrons. The predicted octanol–water partition coefficient (Wildman–Crippen LogP) is -0.400. The number of carboxylic acids is 1. The number of amides is 1. The van der Waals surface area contributed by atoms with Crippen LogP contribution in [0.5, 0.6) is 0 Å². The van der Waals surface area contributed by atoms with Crippen molar-refractivity contribution < 1.29 is 24.0 Å². The monoisotopic (exact) mass is 226 g/mol. The summed E-state index contributed by atoms with van der Waals surface area (Å²) in [6, 6.07) is 1.44. The van der Waals surface area contributed by atoms with Crippen molar-refractivity contribution in [2.24, 2.45) is 0 Å². The lowest BCUT2D eigenvalue weighted by molar-refractivity contribution is -0.154. The summed E-state index contributed by atoms with van der Waals surface area (Å²) in [5, 5.41) is 12.2. The van der Waals surface area contributed by atoms with Crippen molar-refractivity contribution in [1.82, 2.24) is 10.1 Å². The molecule has 1 aromatic rings. The van der Waals surface area contributed by atoms with Gasteiger partial charge in [-0.1, -0.05) is 5.16 Å². The Morgan fingerprint density at radius 3 is 3.00 bits per heavy atom. The SMILES string of the molecule is O=C(O)C1CN(C(=O)c2ccno2)CCO1. The van der Waals surface area contributed by atoms with E-state index in [2.05, 4.69) is 5.16 Å². The summed E-state index contributed by atoms with van der Waals surface area (Å²) in [6.45, 7) is 0.578. The Balaban J connectivity index is 2.05. The summed E-state index contributed by atoms with van der Waals surface area (Å²) in [7, 11) is 0. The molecule has 1 N–H and O–H groups in total. The lowest BCUT2D eigenvalue weighted by atomic mass is 10.2. The van der Waals surface area contributed by atoms with Gasteiger partial charge in [0.15, 0.2) is 6.10 Å². The van der Waals surface area contributed by atoms with Crippen LogP contribution in [0.2, 0.25) is 0 Å². The van der Waals surface area contributed by atoms with E-state index in [9.17, 15) is 9.59 Å². The van der Waals surface area contributed by atoms with Gasteiger partial charge in [0, 0.05) is 12.6 Å². The standard InChI is InChI=1S/C9H10N2O5/c12-8(6-1-2-10-16-6)11-3-4-15-7(5-11)9(13)14/h1-2,7H,3-5H2,(H,13,14). The van der Waals surface area contributed by atoms with Crippen molar-refractivity contribution in [3.8, 4) is 0 Å². The largest absolute Gasteiger partial charge is 0.479 e. The molecule has 86 valence electrons. The van der Waals surface area contributed by atoms with Gasteiger partial charge in [0.25, 0.3) is 5.91 Å². The van der Waals surface area contributed by atoms with Gasteiger partial charge < -0.3 is 19.3 Å². The normalized spacial score (nSPS) is 20.8. The molecule has 0 aliphatic carbocycles. The van der Waals surface area contributed by atoms with E-state index in [1.165, 1.54) is 17.2 Å². The number of nitrogens with zero attached hydrogens (tertiary/aromatic N) is 2. The molecule has 1 atom stereocenters. The number of carbonyl (C=O) groups excluding carboxylic acids is 1. The summed E-state index contributed by atoms with van der Waals surface area (Å²) < 4.78 is 9.71. The van der Waals surface area contributed by atoms with Crippen molar-refractivity contribution in [2.75, 3.05) is 19.7 Å². The number of rotatable bonds is 2. The highest BCUT2D eigenvalue weighted by Crippen LogP contribution is 2.10. The zero-order valence-corrected chi connectivity index (χ0v) is 8.33. The summed E-state index contributed by atoms with van der Waals surface area (Å²) >= 11 is 0. The quantitative estimate of drug-likeness (QED) is 0.737. The van der Waals surface area contributed by atoms with Gasteiger partial charge in [0.2, 0.25) is 5.76 Å². The average Bonchev–Trinajstić information content (AvgIpc) is 2.81. The van der Waals surface area contributed by atoms with Crippen LogP contribution in [0.4, 0.5) is 0 Å². The van der Waals surface area contributed by atoms with Crippen LogP contribution in [0.15, 0.2) is 16.8 Å². The lowest BCUT2D eigenvalue weighted by Crippen LogP contribution is -2.48. The Hall–Kier alpha value is -1.89. The summed E-state index contributed by atoms with van der Waals surface area (Å²) in [5.41, 5.74) is 0. The number of carboxylic acid groups (broad SMARTS) is 1. The van der Waals surface area contributed by atoms with E-state index >= 15 is 0 Å². The first-order valence-corrected chi connectivity index (χ1v) is 4.73. The van der Waals surface area contributed by atoms with Crippen molar-refractivity contribution in [3.63, 3.8) is 0 Å². The molecular formula is C9H10N2O5. The molecule has 1 unspecified atom stereocenters. The summed E-state index contributed by atoms with van der Waals surface area (Å²) in [4.78, 5) is 23.9. The third kappa shape index (κ3) is 2.03. The van der Waals surface area contributed by atoms with Crippen molar-refractivity contribution in [1.29, 1.82) is 0 Å². The second kappa shape index (κ2) is 4.31. The van der Waals surface area contributed by atoms with E-state index in [0.717, 1.165) is 0 Å². The minimum atomic E-state index is -1.07. The van der Waals surface area contributed by atoms with Gasteiger partial charge in [-0.05, 0) is 0 Å². The molecule has 1 amide bonds. The molecule has 1 aliphatic rings. The predicted molar refractivity (Wildman–Crippen MR) is 49.8 cm³/mol. The minimum absolute atomic E-state index is 0.0227. The van der Waals surface area contributed by atoms with Gasteiger partial charge in [-0.25, -0.2) is 4.79 Å². The van der Waals surface area contributed by atoms with Crippen LogP contribution in [-0.2, 0) is 9.53 Å². The highest BCUT2D eigenvalue weighted by molar-refractivity contribution is 5.91. The zero-order valence-electron chi connectivity index (χ0n) is 8.33. The molecule has 7 nitrogen and oxygen atoms in total. The van der Waals surface area contributed by atoms with Gasteiger partial charge >= 0.3 is 5.97 Å². The molecule has 0 saturated carbocycles. The number of hydrogen-bond acceptors (Lipinski definition) is 5. The van der Waals surface area contributed by atoms with Gasteiger partial charge in [-0.15, -0.1) is 0 Å². The van der Waals surface area contributed by atoms with Gasteiger partial charge in [0.1, 0.15) is 0 Å². The van der Waals surface area contributed by atoms with Crippen LogP contribution in [0.1, 0.15) is 10.6 Å². The highest BCUT2D eigenvalue weighted by atomic mass is 16.5. The van der Waals surface area contributed by atoms with E-state index in [-0.39, 0.29) is 24.8 Å². The fraction of sp³-hybridized carbons (Fsp3) is 0.444. The van der Waals surface area contributed by atoms with Crippen molar-refractivity contribution >= 4 is 11.9 Å². The number of ether oxygens (including phenoxy) is 1. The van der Waals surface area contributed by atoms with Gasteiger partial charge in [-0.2, -0.15) is 0 Å². The maximum Gasteiger partial charge on any atom is 0.334 e. The molecule has 0 spiro atoms. The molecule has 7 heteroatoms. The Labute approximate surface area is 90.6 Å². The van der Waals surface area contributed by atoms with Crippen LogP contribution in [0, 0.1) is 0 Å². The van der Waals surface area contributed by atoms with Crippen LogP contribution in [0.25, 0.3) is 0 Å². The third-order valence-corrected chi connectivity index (χ3v) is 2.28. The Morgan fingerprint density at radius 1 is 1.56 bits per heavy atom. The van der Waals surface area contributed by atoms with E-state index in [1.807, 2.05) is 0 Å². The molecule has 1 saturated heterocycles. The summed E-state index contributed by atoms with van der Waals surface area (Å²) in [5.74, 6) is -1.34. The average molecular weight is 226 g/mol. The Morgan fingerprint density at radius 2 is 2.38 bits per heavy atom. The number of morpholine rings is 1. The fourth-order valence-corrected chi connectivity index (χ4v) is 1.47. The van der Waals surface area contributed by atoms with E-state index in [1.54, 1.807) is 0 Å². The second-order valence-electron chi connectivity index (χ2n) is 3.33. The molecule has 2 heterocycles. The number of aliphatic carboxylic acids is 1. The molecule has 0 bridgehead atoms. The number of hydrogen-bond donors (Lipinski definition) is 1. The number of carbonyl (C=O) groups is 2. The first kappa shape index (κ1) is 10.6. The van der Waals surface area contributed by atoms with Crippen molar-refractivity contribution in [2.45, 2.75) is 6.10 Å². The van der Waals surface area contributed by atoms with E-state index in [0.29, 0.717) is 6.54 Å². The van der Waals surface area contributed by atoms with E-state index in [4.69, 9.17) is 14.4 Å².